The fourth-order valence-electron chi connectivity index (χ4n) is 2.82. The Morgan fingerprint density at radius 3 is 2.50 bits per heavy atom. The van der Waals surface area contributed by atoms with Crippen molar-refractivity contribution in [2.24, 2.45) is 0 Å². The van der Waals surface area contributed by atoms with Crippen molar-refractivity contribution in [3.05, 3.63) is 59.7 Å². The van der Waals surface area contributed by atoms with E-state index in [-0.39, 0.29) is 24.6 Å². The van der Waals surface area contributed by atoms with Crippen LogP contribution in [-0.2, 0) is 9.47 Å². The largest absolute Gasteiger partial charge is 0.491 e. The Hall–Kier alpha value is -2.86. The average molecular weight is 384 g/mol. The molecule has 148 valence electrons. The molecule has 1 atom stereocenters. The maximum absolute atomic E-state index is 12.3. The molecule has 6 heteroatoms. The number of hydrogen-bond acceptors (Lipinski definition) is 6. The van der Waals surface area contributed by atoms with Crippen LogP contribution in [0.2, 0.25) is 0 Å². The molecular formula is C22H24O6. The van der Waals surface area contributed by atoms with Crippen molar-refractivity contribution in [1.82, 2.24) is 0 Å². The van der Waals surface area contributed by atoms with Crippen LogP contribution in [0.25, 0.3) is 0 Å². The summed E-state index contributed by atoms with van der Waals surface area (Å²) < 4.78 is 21.7. The molecule has 6 nitrogen and oxygen atoms in total. The highest BCUT2D eigenvalue weighted by Crippen LogP contribution is 2.19. The Morgan fingerprint density at radius 2 is 1.82 bits per heavy atom. The van der Waals surface area contributed by atoms with Crippen LogP contribution in [0.3, 0.4) is 0 Å². The molecule has 2 aromatic rings. The molecule has 0 aromatic heterocycles. The van der Waals surface area contributed by atoms with E-state index in [1.165, 1.54) is 6.07 Å². The Labute approximate surface area is 164 Å². The number of esters is 2. The van der Waals surface area contributed by atoms with Crippen LogP contribution in [0.15, 0.2) is 48.5 Å². The molecule has 0 amide bonds. The molecule has 0 radical (unpaired) electrons. The van der Waals surface area contributed by atoms with Gasteiger partial charge >= 0.3 is 11.9 Å². The Kier molecular flexibility index (Phi) is 6.66. The first-order valence-electron chi connectivity index (χ1n) is 9.39. The number of hydrogen-bond donors (Lipinski definition) is 0. The lowest BCUT2D eigenvalue weighted by molar-refractivity contribution is 0.0161. The summed E-state index contributed by atoms with van der Waals surface area (Å²) in [5.74, 6) is -0.0221. The van der Waals surface area contributed by atoms with Gasteiger partial charge in [0.25, 0.3) is 0 Å². The van der Waals surface area contributed by atoms with Gasteiger partial charge in [-0.15, -0.1) is 0 Å². The Balaban J connectivity index is 1.58. The molecule has 2 aromatic carbocycles. The molecule has 0 bridgehead atoms. The summed E-state index contributed by atoms with van der Waals surface area (Å²) in [5, 5.41) is 0. The molecule has 28 heavy (non-hydrogen) atoms. The number of benzene rings is 2. The summed E-state index contributed by atoms with van der Waals surface area (Å²) in [4.78, 5) is 24.5. The van der Waals surface area contributed by atoms with E-state index in [4.69, 9.17) is 18.9 Å². The van der Waals surface area contributed by atoms with Gasteiger partial charge in [0.2, 0.25) is 0 Å². The average Bonchev–Trinajstić information content (AvgIpc) is 3.20. The number of rotatable bonds is 7. The molecule has 3 rings (SSSR count). The highest BCUT2D eigenvalue weighted by atomic mass is 16.6. The lowest BCUT2D eigenvalue weighted by atomic mass is 10.2. The van der Waals surface area contributed by atoms with Gasteiger partial charge in [-0.3, -0.25) is 0 Å². The molecule has 1 aliphatic rings. The molecule has 0 N–H and O–H groups in total. The predicted octanol–water partition coefficient (Wildman–Crippen LogP) is 4.03. The maximum Gasteiger partial charge on any atom is 0.343 e. The Bertz CT molecular complexity index is 806. The van der Waals surface area contributed by atoms with E-state index in [2.05, 4.69) is 0 Å². The van der Waals surface area contributed by atoms with Crippen LogP contribution in [-0.4, -0.2) is 37.4 Å². The third-order valence-corrected chi connectivity index (χ3v) is 4.17. The number of ether oxygens (including phenoxy) is 4. The lowest BCUT2D eigenvalue weighted by Gasteiger charge is -2.11. The molecule has 1 unspecified atom stereocenters. The third-order valence-electron chi connectivity index (χ3n) is 4.17. The van der Waals surface area contributed by atoms with E-state index in [0.717, 1.165) is 12.8 Å². The number of carbonyl (C=O) groups is 2. The quantitative estimate of drug-likeness (QED) is 0.530. The smallest absolute Gasteiger partial charge is 0.343 e. The molecule has 1 saturated heterocycles. The van der Waals surface area contributed by atoms with E-state index in [1.807, 2.05) is 13.8 Å². The van der Waals surface area contributed by atoms with Crippen LogP contribution in [0.5, 0.6) is 11.5 Å². The lowest BCUT2D eigenvalue weighted by Crippen LogP contribution is -2.18. The maximum atomic E-state index is 12.3. The second-order valence-corrected chi connectivity index (χ2v) is 6.84. The first kappa shape index (κ1) is 19.9. The highest BCUT2D eigenvalue weighted by Gasteiger charge is 2.18. The summed E-state index contributed by atoms with van der Waals surface area (Å²) in [7, 11) is 0. The van der Waals surface area contributed by atoms with Crippen LogP contribution < -0.4 is 9.47 Å². The second-order valence-electron chi connectivity index (χ2n) is 6.84. The van der Waals surface area contributed by atoms with Gasteiger partial charge < -0.3 is 18.9 Å². The van der Waals surface area contributed by atoms with Crippen molar-refractivity contribution in [2.45, 2.75) is 38.9 Å². The van der Waals surface area contributed by atoms with Gasteiger partial charge in [-0.2, -0.15) is 0 Å². The van der Waals surface area contributed by atoms with Gasteiger partial charge in [0.05, 0.1) is 23.3 Å². The van der Waals surface area contributed by atoms with Crippen molar-refractivity contribution in [2.75, 3.05) is 13.2 Å². The predicted molar refractivity (Wildman–Crippen MR) is 103 cm³/mol. The monoisotopic (exact) mass is 384 g/mol. The fraction of sp³-hybridized carbons (Fsp3) is 0.364. The first-order valence-corrected chi connectivity index (χ1v) is 9.39. The van der Waals surface area contributed by atoms with E-state index in [0.29, 0.717) is 23.5 Å². The normalized spacial score (nSPS) is 16.0. The topological polar surface area (TPSA) is 71.1 Å². The molecule has 1 fully saturated rings. The standard InChI is InChI=1S/C22H24O6/c1-15(2)27-18-10-8-16(9-11-18)22(24)28-19-6-3-5-17(13-19)21(23)26-14-20-7-4-12-25-20/h3,5-6,8-11,13,15,20H,4,7,12,14H2,1-2H3. The molecular weight excluding hydrogens is 360 g/mol. The minimum atomic E-state index is -0.513. The van der Waals surface area contributed by atoms with Gasteiger partial charge in [-0.1, -0.05) is 6.07 Å². The second kappa shape index (κ2) is 9.37. The van der Waals surface area contributed by atoms with Crippen LogP contribution >= 0.6 is 0 Å². The van der Waals surface area contributed by atoms with Gasteiger partial charge in [-0.05, 0) is 69.2 Å². The van der Waals surface area contributed by atoms with Gasteiger partial charge in [-0.25, -0.2) is 9.59 Å². The Morgan fingerprint density at radius 1 is 1.04 bits per heavy atom. The van der Waals surface area contributed by atoms with Crippen molar-refractivity contribution < 1.29 is 28.5 Å². The zero-order valence-corrected chi connectivity index (χ0v) is 16.1. The summed E-state index contributed by atoms with van der Waals surface area (Å²) in [6, 6.07) is 13.1. The molecule has 0 saturated carbocycles. The van der Waals surface area contributed by atoms with Crippen molar-refractivity contribution in [1.29, 1.82) is 0 Å². The highest BCUT2D eigenvalue weighted by molar-refractivity contribution is 5.92. The molecule has 1 aliphatic heterocycles. The minimum Gasteiger partial charge on any atom is -0.491 e. The van der Waals surface area contributed by atoms with E-state index in [1.54, 1.807) is 42.5 Å². The SMILES string of the molecule is CC(C)Oc1ccc(C(=O)Oc2cccc(C(=O)OCC3CCCO3)c2)cc1. The van der Waals surface area contributed by atoms with E-state index >= 15 is 0 Å². The molecule has 0 aliphatic carbocycles. The minimum absolute atomic E-state index is 0.0346. The summed E-state index contributed by atoms with van der Waals surface area (Å²) in [6.07, 6.45) is 1.90. The van der Waals surface area contributed by atoms with Crippen molar-refractivity contribution >= 4 is 11.9 Å². The van der Waals surface area contributed by atoms with Crippen molar-refractivity contribution in [3.8, 4) is 11.5 Å². The summed E-state index contributed by atoms with van der Waals surface area (Å²) in [5.41, 5.74) is 0.714. The molecule has 0 spiro atoms. The fourth-order valence-corrected chi connectivity index (χ4v) is 2.82. The summed E-state index contributed by atoms with van der Waals surface area (Å²) >= 11 is 0. The molecule has 1 heterocycles. The van der Waals surface area contributed by atoms with Gasteiger partial charge in [0.1, 0.15) is 18.1 Å². The van der Waals surface area contributed by atoms with E-state index < -0.39 is 11.9 Å². The van der Waals surface area contributed by atoms with Crippen LogP contribution in [0.4, 0.5) is 0 Å². The van der Waals surface area contributed by atoms with Crippen molar-refractivity contribution in [3.63, 3.8) is 0 Å². The van der Waals surface area contributed by atoms with E-state index in [9.17, 15) is 9.59 Å². The third kappa shape index (κ3) is 5.57. The first-order chi connectivity index (χ1) is 13.5. The van der Waals surface area contributed by atoms with Crippen LogP contribution in [0.1, 0.15) is 47.4 Å². The van der Waals surface area contributed by atoms with Crippen LogP contribution in [0, 0.1) is 0 Å². The van der Waals surface area contributed by atoms with Gasteiger partial charge in [0.15, 0.2) is 0 Å². The number of carbonyl (C=O) groups excluding carboxylic acids is 2. The zero-order valence-electron chi connectivity index (χ0n) is 16.1. The van der Waals surface area contributed by atoms with Gasteiger partial charge in [0, 0.05) is 6.61 Å². The summed E-state index contributed by atoms with van der Waals surface area (Å²) in [6.45, 7) is 4.80. The zero-order chi connectivity index (χ0) is 19.9.